The van der Waals surface area contributed by atoms with Crippen LogP contribution in [-0.2, 0) is 9.53 Å². The summed E-state index contributed by atoms with van der Waals surface area (Å²) in [7, 11) is 1.63. The molecule has 1 saturated heterocycles. The Morgan fingerprint density at radius 1 is 1.41 bits per heavy atom. The molecule has 2 rings (SSSR count). The summed E-state index contributed by atoms with van der Waals surface area (Å²) in [6.07, 6.45) is 3.39. The molecule has 17 heavy (non-hydrogen) atoms. The first-order chi connectivity index (χ1) is 8.06. The minimum absolute atomic E-state index is 0.0146. The van der Waals surface area contributed by atoms with Gasteiger partial charge in [0.1, 0.15) is 5.75 Å². The van der Waals surface area contributed by atoms with E-state index in [1.807, 2.05) is 38.1 Å². The summed E-state index contributed by atoms with van der Waals surface area (Å²) in [5, 5.41) is 0. The Hall–Kier alpha value is -1.61. The van der Waals surface area contributed by atoms with Crippen molar-refractivity contribution in [3.63, 3.8) is 0 Å². The average molecular weight is 232 g/mol. The lowest BCUT2D eigenvalue weighted by molar-refractivity contribution is -0.118. The second-order valence-corrected chi connectivity index (χ2v) is 4.34. The Bertz CT molecular complexity index is 447. The molecule has 2 atom stereocenters. The molecule has 0 spiro atoms. The zero-order valence-corrected chi connectivity index (χ0v) is 10.3. The summed E-state index contributed by atoms with van der Waals surface area (Å²) in [4.78, 5) is 11.8. The van der Waals surface area contributed by atoms with Crippen molar-refractivity contribution in [2.75, 3.05) is 7.11 Å². The third-order valence-electron chi connectivity index (χ3n) is 3.17. The summed E-state index contributed by atoms with van der Waals surface area (Å²) in [5.41, 5.74) is 0.360. The number of carbonyl (C=O) groups is 1. The van der Waals surface area contributed by atoms with Crippen molar-refractivity contribution in [3.8, 4) is 5.75 Å². The summed E-state index contributed by atoms with van der Waals surface area (Å²) >= 11 is 0. The fraction of sp³-hybridized carbons (Fsp3) is 0.357. The molecular weight excluding hydrogens is 216 g/mol. The SMILES string of the molecule is COc1ccc(/C=C/C(=O)[C@@]2(C)O[C@@H]2C)cc1. The van der Waals surface area contributed by atoms with Gasteiger partial charge in [-0.25, -0.2) is 0 Å². The predicted molar refractivity (Wildman–Crippen MR) is 66.0 cm³/mol. The molecule has 1 aliphatic heterocycles. The standard InChI is InChI=1S/C14H16O3/c1-10-14(2,17-10)13(15)9-6-11-4-7-12(16-3)8-5-11/h4-10H,1-3H3/b9-6+/t10-,14+/m1/s1. The quantitative estimate of drug-likeness (QED) is 0.591. The van der Waals surface area contributed by atoms with E-state index in [-0.39, 0.29) is 11.9 Å². The molecule has 0 saturated carbocycles. The first-order valence-electron chi connectivity index (χ1n) is 5.60. The second kappa shape index (κ2) is 4.34. The summed E-state index contributed by atoms with van der Waals surface area (Å²) in [6, 6.07) is 7.54. The van der Waals surface area contributed by atoms with E-state index in [2.05, 4.69) is 0 Å². The highest BCUT2D eigenvalue weighted by atomic mass is 16.6. The minimum Gasteiger partial charge on any atom is -0.497 e. The Balaban J connectivity index is 2.02. The van der Waals surface area contributed by atoms with Gasteiger partial charge in [-0.3, -0.25) is 4.79 Å². The van der Waals surface area contributed by atoms with Gasteiger partial charge < -0.3 is 9.47 Å². The molecule has 0 aliphatic carbocycles. The Morgan fingerprint density at radius 2 is 2.00 bits per heavy atom. The molecule has 0 aromatic heterocycles. The number of hydrogen-bond acceptors (Lipinski definition) is 3. The van der Waals surface area contributed by atoms with Gasteiger partial charge in [-0.1, -0.05) is 18.2 Å². The van der Waals surface area contributed by atoms with Crippen molar-refractivity contribution in [3.05, 3.63) is 35.9 Å². The maximum atomic E-state index is 11.8. The second-order valence-electron chi connectivity index (χ2n) is 4.34. The first-order valence-corrected chi connectivity index (χ1v) is 5.60. The normalized spacial score (nSPS) is 27.1. The molecule has 3 nitrogen and oxygen atoms in total. The van der Waals surface area contributed by atoms with Crippen LogP contribution in [0.5, 0.6) is 5.75 Å². The summed E-state index contributed by atoms with van der Waals surface area (Å²) < 4.78 is 10.3. The molecular formula is C14H16O3. The third kappa shape index (κ3) is 2.39. The van der Waals surface area contributed by atoms with Crippen LogP contribution < -0.4 is 4.74 Å². The van der Waals surface area contributed by atoms with Crippen LogP contribution >= 0.6 is 0 Å². The van der Waals surface area contributed by atoms with E-state index in [1.54, 1.807) is 19.3 Å². The highest BCUT2D eigenvalue weighted by Crippen LogP contribution is 2.36. The zero-order chi connectivity index (χ0) is 12.5. The van der Waals surface area contributed by atoms with Crippen LogP contribution in [0.4, 0.5) is 0 Å². The van der Waals surface area contributed by atoms with Crippen LogP contribution in [-0.4, -0.2) is 24.6 Å². The van der Waals surface area contributed by atoms with E-state index >= 15 is 0 Å². The molecule has 0 radical (unpaired) electrons. The maximum Gasteiger partial charge on any atom is 0.189 e. The molecule has 1 aromatic carbocycles. The Labute approximate surface area is 101 Å². The number of ketones is 1. The van der Waals surface area contributed by atoms with E-state index in [1.165, 1.54) is 0 Å². The Kier molecular flexibility index (Phi) is 3.03. The fourth-order valence-corrected chi connectivity index (χ4v) is 1.64. The lowest BCUT2D eigenvalue weighted by Crippen LogP contribution is -2.20. The molecule has 1 aliphatic rings. The van der Waals surface area contributed by atoms with Gasteiger partial charge in [-0.05, 0) is 37.6 Å². The van der Waals surface area contributed by atoms with Crippen LogP contribution in [0.3, 0.4) is 0 Å². The number of ether oxygens (including phenoxy) is 2. The van der Waals surface area contributed by atoms with E-state index in [9.17, 15) is 4.79 Å². The van der Waals surface area contributed by atoms with Crippen LogP contribution in [0.25, 0.3) is 6.08 Å². The molecule has 90 valence electrons. The van der Waals surface area contributed by atoms with Gasteiger partial charge in [-0.2, -0.15) is 0 Å². The van der Waals surface area contributed by atoms with Gasteiger partial charge >= 0.3 is 0 Å². The predicted octanol–water partition coefficient (Wildman–Crippen LogP) is 2.45. The molecule has 0 bridgehead atoms. The van der Waals surface area contributed by atoms with Gasteiger partial charge in [-0.15, -0.1) is 0 Å². The Morgan fingerprint density at radius 3 is 2.47 bits per heavy atom. The molecule has 1 heterocycles. The molecule has 1 fully saturated rings. The fourth-order valence-electron chi connectivity index (χ4n) is 1.64. The van der Waals surface area contributed by atoms with Crippen molar-refractivity contribution < 1.29 is 14.3 Å². The number of methoxy groups -OCH3 is 1. The lowest BCUT2D eigenvalue weighted by Gasteiger charge is -2.00. The number of carbonyl (C=O) groups excluding carboxylic acids is 1. The largest absolute Gasteiger partial charge is 0.497 e. The zero-order valence-electron chi connectivity index (χ0n) is 10.3. The van der Waals surface area contributed by atoms with Crippen molar-refractivity contribution in [2.24, 2.45) is 0 Å². The molecule has 0 unspecified atom stereocenters. The average Bonchev–Trinajstić information content (AvgIpc) is 2.96. The van der Waals surface area contributed by atoms with Crippen LogP contribution in [0.1, 0.15) is 19.4 Å². The molecule has 3 heteroatoms. The number of hydrogen-bond donors (Lipinski definition) is 0. The van der Waals surface area contributed by atoms with E-state index < -0.39 is 5.60 Å². The summed E-state index contributed by atoms with van der Waals surface area (Å²) in [5.74, 6) is 0.820. The van der Waals surface area contributed by atoms with Crippen LogP contribution in [0, 0.1) is 0 Å². The first kappa shape index (κ1) is 11.9. The molecule has 1 aromatic rings. The number of rotatable bonds is 4. The van der Waals surface area contributed by atoms with Gasteiger partial charge in [0, 0.05) is 0 Å². The highest BCUT2D eigenvalue weighted by molar-refractivity contribution is 6.01. The van der Waals surface area contributed by atoms with Crippen LogP contribution in [0.2, 0.25) is 0 Å². The van der Waals surface area contributed by atoms with E-state index in [4.69, 9.17) is 9.47 Å². The smallest absolute Gasteiger partial charge is 0.189 e. The number of epoxide rings is 1. The van der Waals surface area contributed by atoms with E-state index in [0.717, 1.165) is 11.3 Å². The van der Waals surface area contributed by atoms with Crippen molar-refractivity contribution in [1.82, 2.24) is 0 Å². The van der Waals surface area contributed by atoms with E-state index in [0.29, 0.717) is 0 Å². The lowest BCUT2D eigenvalue weighted by atomic mass is 10.0. The van der Waals surface area contributed by atoms with Gasteiger partial charge in [0.2, 0.25) is 0 Å². The van der Waals surface area contributed by atoms with Gasteiger partial charge in [0.15, 0.2) is 11.4 Å². The summed E-state index contributed by atoms with van der Waals surface area (Å²) in [6.45, 7) is 3.72. The molecule has 0 amide bonds. The van der Waals surface area contributed by atoms with Crippen LogP contribution in [0.15, 0.2) is 30.3 Å². The highest BCUT2D eigenvalue weighted by Gasteiger charge is 2.54. The molecule has 0 N–H and O–H groups in total. The topological polar surface area (TPSA) is 38.8 Å². The maximum absolute atomic E-state index is 11.8. The van der Waals surface area contributed by atoms with Crippen molar-refractivity contribution in [1.29, 1.82) is 0 Å². The third-order valence-corrected chi connectivity index (χ3v) is 3.17. The minimum atomic E-state index is -0.608. The van der Waals surface area contributed by atoms with Gasteiger partial charge in [0.25, 0.3) is 0 Å². The van der Waals surface area contributed by atoms with Crippen molar-refractivity contribution >= 4 is 11.9 Å². The van der Waals surface area contributed by atoms with Crippen molar-refractivity contribution in [2.45, 2.75) is 25.6 Å². The monoisotopic (exact) mass is 232 g/mol. The van der Waals surface area contributed by atoms with Gasteiger partial charge in [0.05, 0.1) is 13.2 Å². The number of benzene rings is 1.